The van der Waals surface area contributed by atoms with Gasteiger partial charge in [-0.2, -0.15) is 0 Å². The Kier molecular flexibility index (Phi) is 9.60. The molecule has 0 atom stereocenters. The number of aryl methyl sites for hydroxylation is 1. The van der Waals surface area contributed by atoms with E-state index >= 15 is 0 Å². The number of carbonyl (C=O) groups is 1. The van der Waals surface area contributed by atoms with Crippen LogP contribution in [0.25, 0.3) is 0 Å². The Morgan fingerprint density at radius 3 is 2.39 bits per heavy atom. The Bertz CT molecular complexity index is 635. The first-order valence-electron chi connectivity index (χ1n) is 7.23. The molecule has 0 heterocycles. The summed E-state index contributed by atoms with van der Waals surface area (Å²) in [5.74, 6) is 0.646. The molecule has 120 valence electrons. The van der Waals surface area contributed by atoms with Gasteiger partial charge in [-0.15, -0.1) is 0 Å². The average Bonchev–Trinajstić information content (AvgIpc) is 2.48. The predicted molar refractivity (Wildman–Crippen MR) is 93.0 cm³/mol. The number of hydrogen-bond donors (Lipinski definition) is 1. The summed E-state index contributed by atoms with van der Waals surface area (Å²) in [6.45, 7) is 5.87. The predicted octanol–water partition coefficient (Wildman–Crippen LogP) is 5.41. The van der Waals surface area contributed by atoms with Gasteiger partial charge in [-0.3, -0.25) is 4.79 Å². The Morgan fingerprint density at radius 2 is 1.78 bits per heavy atom. The van der Waals surface area contributed by atoms with Crippen molar-refractivity contribution in [1.82, 2.24) is 0 Å². The third kappa shape index (κ3) is 7.55. The quantitative estimate of drug-likeness (QED) is 0.527. The molecule has 0 radical (unpaired) electrons. The van der Waals surface area contributed by atoms with Crippen molar-refractivity contribution >= 4 is 28.1 Å². The molecule has 0 spiro atoms. The minimum atomic E-state index is -1.14. The van der Waals surface area contributed by atoms with Crippen LogP contribution < -0.4 is 10.1 Å². The van der Waals surface area contributed by atoms with Crippen molar-refractivity contribution in [1.29, 1.82) is 0 Å². The number of nitrogens with one attached hydrogen (secondary N) is 1. The first kappa shape index (κ1) is 20.3. The zero-order valence-electron chi connectivity index (χ0n) is 13.5. The summed E-state index contributed by atoms with van der Waals surface area (Å²) in [6, 6.07) is 14.9. The van der Waals surface area contributed by atoms with E-state index in [1.807, 2.05) is 69.3 Å². The summed E-state index contributed by atoms with van der Waals surface area (Å²) < 4.78 is 5.61. The number of anilines is 1. The summed E-state index contributed by atoms with van der Waals surface area (Å²) in [6.07, 6.45) is 0.109. The third-order valence-electron chi connectivity index (χ3n) is 2.85. The monoisotopic (exact) mass is 541 g/mol. The van der Waals surface area contributed by atoms with Gasteiger partial charge in [0.15, 0.2) is 0 Å². The van der Waals surface area contributed by atoms with Gasteiger partial charge in [0.05, 0.1) is 6.10 Å². The van der Waals surface area contributed by atoms with E-state index in [9.17, 15) is 4.79 Å². The molecule has 6 heteroatoms. The molecule has 0 fully saturated rings. The van der Waals surface area contributed by atoms with E-state index in [0.717, 1.165) is 17.0 Å². The van der Waals surface area contributed by atoms with Gasteiger partial charge in [0, 0.05) is 17.3 Å². The Labute approximate surface area is 156 Å². The van der Waals surface area contributed by atoms with Crippen molar-refractivity contribution in [3.05, 3.63) is 59.7 Å². The normalized spacial score (nSPS) is 9.48. The van der Waals surface area contributed by atoms with Crippen molar-refractivity contribution in [2.45, 2.75) is 26.9 Å². The fourth-order valence-electron chi connectivity index (χ4n) is 1.95. The molecule has 0 unspecified atom stereocenters. The van der Waals surface area contributed by atoms with Crippen molar-refractivity contribution in [2.75, 3.05) is 5.32 Å². The molecule has 3 nitrogen and oxygen atoms in total. The van der Waals surface area contributed by atoms with Crippen molar-refractivity contribution in [2.24, 2.45) is 0 Å². The number of amides is 1. The van der Waals surface area contributed by atoms with Crippen molar-refractivity contribution in [3.8, 4) is 5.75 Å². The fraction of sp³-hybridized carbons (Fsp3) is 0.235. The van der Waals surface area contributed by atoms with E-state index in [1.54, 1.807) is 0 Å². The Hall–Kier alpha value is -0.775. The SMILES string of the molecule is Cc1ccccc1C(=O)Nc1cccc(OC(C)C)c1.[Cl][Hg][Cl]. The van der Waals surface area contributed by atoms with Gasteiger partial charge < -0.3 is 10.1 Å². The molecule has 0 aliphatic heterocycles. The summed E-state index contributed by atoms with van der Waals surface area (Å²) in [4.78, 5) is 12.2. The molecular weight excluding hydrogens is 522 g/mol. The molecule has 0 saturated carbocycles. The zero-order valence-corrected chi connectivity index (χ0v) is 20.5. The second kappa shape index (κ2) is 10.9. The standard InChI is InChI=1S/C17H19NO2.2ClH.Hg/c1-12(2)20-15-9-6-8-14(11-15)18-17(19)16-10-5-4-7-13(16)3;;;/h4-12H,1-3H3,(H,18,19);2*1H;/q;;;+2/p-2. The van der Waals surface area contributed by atoms with Crippen LogP contribution in [0.3, 0.4) is 0 Å². The third-order valence-corrected chi connectivity index (χ3v) is 2.85. The van der Waals surface area contributed by atoms with Crippen LogP contribution in [0.2, 0.25) is 0 Å². The first-order chi connectivity index (χ1) is 11.0. The summed E-state index contributed by atoms with van der Waals surface area (Å²) in [7, 11) is 9.97. The molecule has 0 aliphatic rings. The van der Waals surface area contributed by atoms with E-state index in [-0.39, 0.29) is 12.0 Å². The molecule has 23 heavy (non-hydrogen) atoms. The maximum absolute atomic E-state index is 12.2. The minimum absolute atomic E-state index is 0.107. The molecule has 0 aliphatic carbocycles. The number of ether oxygens (including phenoxy) is 1. The van der Waals surface area contributed by atoms with Crippen LogP contribution in [0.1, 0.15) is 29.8 Å². The number of hydrogen-bond acceptors (Lipinski definition) is 2. The number of rotatable bonds is 4. The van der Waals surface area contributed by atoms with Crippen molar-refractivity contribution < 1.29 is 31.6 Å². The van der Waals surface area contributed by atoms with E-state index in [0.29, 0.717) is 5.56 Å². The van der Waals surface area contributed by atoms with Crippen molar-refractivity contribution in [3.63, 3.8) is 0 Å². The van der Waals surface area contributed by atoms with Gasteiger partial charge in [-0.25, -0.2) is 0 Å². The molecule has 0 saturated heterocycles. The first-order valence-corrected chi connectivity index (χ1v) is 20.8. The van der Waals surface area contributed by atoms with Crippen LogP contribution in [0, 0.1) is 6.92 Å². The maximum atomic E-state index is 12.2. The van der Waals surface area contributed by atoms with Gasteiger partial charge in [-0.1, -0.05) is 24.3 Å². The summed E-state index contributed by atoms with van der Waals surface area (Å²) in [5.41, 5.74) is 2.37. The summed E-state index contributed by atoms with van der Waals surface area (Å²) >= 11 is -1.14. The fourth-order valence-corrected chi connectivity index (χ4v) is 1.95. The summed E-state index contributed by atoms with van der Waals surface area (Å²) in [5, 5.41) is 2.89. The van der Waals surface area contributed by atoms with Crippen LogP contribution in [0.4, 0.5) is 5.69 Å². The molecule has 2 rings (SSSR count). The number of carbonyl (C=O) groups excluding carboxylic acids is 1. The second-order valence-corrected chi connectivity index (χ2v) is 12.9. The molecule has 2 aromatic rings. The second-order valence-electron chi connectivity index (χ2n) is 5.06. The van der Waals surface area contributed by atoms with Crippen LogP contribution >= 0.6 is 16.5 Å². The number of benzene rings is 2. The topological polar surface area (TPSA) is 38.3 Å². The molecule has 1 N–H and O–H groups in total. The van der Waals surface area contributed by atoms with Gasteiger partial charge in [-0.05, 0) is 44.5 Å². The van der Waals surface area contributed by atoms with E-state index < -0.39 is 22.1 Å². The van der Waals surface area contributed by atoms with Crippen LogP contribution in [0.15, 0.2) is 48.5 Å². The Morgan fingerprint density at radius 1 is 1.13 bits per heavy atom. The zero-order chi connectivity index (χ0) is 17.2. The molecule has 0 aromatic heterocycles. The van der Waals surface area contributed by atoms with Gasteiger partial charge in [0.2, 0.25) is 0 Å². The van der Waals surface area contributed by atoms with Crippen LogP contribution in [-0.4, -0.2) is 12.0 Å². The van der Waals surface area contributed by atoms with E-state index in [1.165, 1.54) is 0 Å². The van der Waals surface area contributed by atoms with Gasteiger partial charge in [0.25, 0.3) is 5.91 Å². The molecule has 0 bridgehead atoms. The van der Waals surface area contributed by atoms with E-state index in [4.69, 9.17) is 21.2 Å². The number of halogens is 2. The molecular formula is C17H19Cl2HgNO2. The van der Waals surface area contributed by atoms with Gasteiger partial charge >= 0.3 is 38.6 Å². The van der Waals surface area contributed by atoms with Gasteiger partial charge in [0.1, 0.15) is 5.75 Å². The van der Waals surface area contributed by atoms with Crippen LogP contribution in [-0.2, 0) is 22.1 Å². The van der Waals surface area contributed by atoms with E-state index in [2.05, 4.69) is 5.32 Å². The molecule has 2 aromatic carbocycles. The van der Waals surface area contributed by atoms with Crippen LogP contribution in [0.5, 0.6) is 5.75 Å². The molecule has 1 amide bonds. The average molecular weight is 541 g/mol. The Balaban J connectivity index is 0.000000816.